The SMILES string of the molecule is O=C(O)COc1ccccc1/C=N/N1C(=O)NC2(CCCCC2)C1=O. The van der Waals surface area contributed by atoms with E-state index in [-0.39, 0.29) is 5.91 Å². The van der Waals surface area contributed by atoms with Crippen molar-refractivity contribution in [1.82, 2.24) is 10.3 Å². The largest absolute Gasteiger partial charge is 0.481 e. The van der Waals surface area contributed by atoms with Gasteiger partial charge in [0, 0.05) is 5.56 Å². The van der Waals surface area contributed by atoms with E-state index in [4.69, 9.17) is 9.84 Å². The van der Waals surface area contributed by atoms with Crippen LogP contribution in [0.15, 0.2) is 29.4 Å². The maximum absolute atomic E-state index is 12.6. The number of ether oxygens (including phenoxy) is 1. The molecule has 1 heterocycles. The van der Waals surface area contributed by atoms with Gasteiger partial charge in [-0.2, -0.15) is 5.10 Å². The normalized spacial score (nSPS) is 19.4. The molecular weight excluding hydrogens is 326 g/mol. The van der Waals surface area contributed by atoms with Crippen LogP contribution in [0, 0.1) is 0 Å². The Morgan fingerprint density at radius 2 is 2.00 bits per heavy atom. The van der Waals surface area contributed by atoms with Gasteiger partial charge in [-0.15, -0.1) is 5.01 Å². The van der Waals surface area contributed by atoms with E-state index in [0.717, 1.165) is 24.3 Å². The van der Waals surface area contributed by atoms with Crippen molar-refractivity contribution in [2.45, 2.75) is 37.6 Å². The average molecular weight is 345 g/mol. The Bertz CT molecular complexity index is 725. The minimum atomic E-state index is -1.10. The average Bonchev–Trinajstić information content (AvgIpc) is 2.82. The van der Waals surface area contributed by atoms with Gasteiger partial charge >= 0.3 is 12.0 Å². The second-order valence-corrected chi connectivity index (χ2v) is 6.15. The summed E-state index contributed by atoms with van der Waals surface area (Å²) in [5.74, 6) is -1.12. The van der Waals surface area contributed by atoms with Crippen molar-refractivity contribution < 1.29 is 24.2 Å². The fraction of sp³-hybridized carbons (Fsp3) is 0.412. The summed E-state index contributed by atoms with van der Waals surface area (Å²) in [4.78, 5) is 35.4. The van der Waals surface area contributed by atoms with Crippen molar-refractivity contribution >= 4 is 24.1 Å². The zero-order valence-electron chi connectivity index (χ0n) is 13.6. The number of aliphatic carboxylic acids is 1. The molecule has 3 amide bonds. The highest BCUT2D eigenvalue weighted by Crippen LogP contribution is 2.33. The molecule has 1 saturated heterocycles. The molecule has 132 valence electrons. The summed E-state index contributed by atoms with van der Waals surface area (Å²) in [7, 11) is 0. The lowest BCUT2D eigenvalue weighted by molar-refractivity contribution is -0.139. The highest BCUT2D eigenvalue weighted by atomic mass is 16.5. The van der Waals surface area contributed by atoms with Crippen molar-refractivity contribution in [3.63, 3.8) is 0 Å². The van der Waals surface area contributed by atoms with E-state index in [0.29, 0.717) is 24.2 Å². The van der Waals surface area contributed by atoms with E-state index in [2.05, 4.69) is 10.4 Å². The van der Waals surface area contributed by atoms with Gasteiger partial charge in [0.25, 0.3) is 5.91 Å². The molecule has 2 aliphatic rings. The van der Waals surface area contributed by atoms with E-state index < -0.39 is 24.1 Å². The van der Waals surface area contributed by atoms with Gasteiger partial charge in [-0.1, -0.05) is 31.4 Å². The summed E-state index contributed by atoms with van der Waals surface area (Å²) in [6.45, 7) is -0.489. The van der Waals surface area contributed by atoms with Gasteiger partial charge in [0.15, 0.2) is 6.61 Å². The zero-order valence-corrected chi connectivity index (χ0v) is 13.6. The number of hydrogen-bond donors (Lipinski definition) is 2. The Labute approximate surface area is 144 Å². The summed E-state index contributed by atoms with van der Waals surface area (Å²) >= 11 is 0. The van der Waals surface area contributed by atoms with Crippen LogP contribution < -0.4 is 10.1 Å². The molecule has 1 aromatic carbocycles. The molecule has 0 aromatic heterocycles. The molecule has 0 bridgehead atoms. The zero-order chi connectivity index (χ0) is 17.9. The lowest BCUT2D eigenvalue weighted by Gasteiger charge is -2.29. The van der Waals surface area contributed by atoms with Crippen LogP contribution in [0.2, 0.25) is 0 Å². The van der Waals surface area contributed by atoms with Crippen LogP contribution in [-0.4, -0.2) is 46.4 Å². The monoisotopic (exact) mass is 345 g/mol. The fourth-order valence-electron chi connectivity index (χ4n) is 3.18. The number of carbonyl (C=O) groups is 3. The topological polar surface area (TPSA) is 108 Å². The highest BCUT2D eigenvalue weighted by Gasteiger charge is 2.51. The van der Waals surface area contributed by atoms with Crippen LogP contribution >= 0.6 is 0 Å². The molecule has 1 aliphatic heterocycles. The first-order chi connectivity index (χ1) is 12.0. The molecule has 2 fully saturated rings. The standard InChI is InChI=1S/C17H19N3O5/c21-14(22)11-25-13-7-3-2-6-12(13)10-18-20-15(23)17(19-16(20)24)8-4-1-5-9-17/h2-3,6-7,10H,1,4-5,8-9,11H2,(H,19,24)(H,21,22)/b18-10+. The molecule has 0 radical (unpaired) electrons. The smallest absolute Gasteiger partial charge is 0.346 e. The van der Waals surface area contributed by atoms with Crippen LogP contribution in [0.5, 0.6) is 5.75 Å². The Morgan fingerprint density at radius 3 is 2.72 bits per heavy atom. The fourth-order valence-corrected chi connectivity index (χ4v) is 3.18. The Hall–Kier alpha value is -2.90. The summed E-state index contributed by atoms with van der Waals surface area (Å²) in [5, 5.41) is 16.3. The third-order valence-corrected chi connectivity index (χ3v) is 4.43. The number of amides is 3. The molecule has 1 saturated carbocycles. The molecule has 25 heavy (non-hydrogen) atoms. The lowest BCUT2D eigenvalue weighted by Crippen LogP contribution is -2.48. The molecule has 1 aliphatic carbocycles. The minimum Gasteiger partial charge on any atom is -0.481 e. The van der Waals surface area contributed by atoms with Gasteiger partial charge in [-0.3, -0.25) is 4.79 Å². The predicted molar refractivity (Wildman–Crippen MR) is 88.4 cm³/mol. The minimum absolute atomic E-state index is 0.313. The molecule has 1 aromatic rings. The summed E-state index contributed by atoms with van der Waals surface area (Å²) in [6, 6.07) is 6.14. The number of carboxylic acids is 1. The summed E-state index contributed by atoms with van der Waals surface area (Å²) in [6.07, 6.45) is 5.44. The van der Waals surface area contributed by atoms with E-state index >= 15 is 0 Å². The van der Waals surface area contributed by atoms with E-state index in [9.17, 15) is 14.4 Å². The van der Waals surface area contributed by atoms with Crippen molar-refractivity contribution in [3.8, 4) is 5.75 Å². The third-order valence-electron chi connectivity index (χ3n) is 4.43. The molecule has 2 N–H and O–H groups in total. The number of hydrogen-bond acceptors (Lipinski definition) is 5. The number of carboxylic acid groups (broad SMARTS) is 1. The molecule has 8 heteroatoms. The number of nitrogens with one attached hydrogen (secondary N) is 1. The molecular formula is C17H19N3O5. The summed E-state index contributed by atoms with van der Waals surface area (Å²) < 4.78 is 5.18. The van der Waals surface area contributed by atoms with Crippen LogP contribution in [0.1, 0.15) is 37.7 Å². The van der Waals surface area contributed by atoms with E-state index in [1.54, 1.807) is 24.3 Å². The third kappa shape index (κ3) is 3.47. The number of hydrazone groups is 1. The Balaban J connectivity index is 1.77. The predicted octanol–water partition coefficient (Wildman–Crippen LogP) is 1.74. The number of benzene rings is 1. The number of urea groups is 1. The first-order valence-electron chi connectivity index (χ1n) is 8.16. The maximum atomic E-state index is 12.6. The van der Waals surface area contributed by atoms with Crippen molar-refractivity contribution in [2.24, 2.45) is 5.10 Å². The van der Waals surface area contributed by atoms with Crippen LogP contribution in [0.25, 0.3) is 0 Å². The van der Waals surface area contributed by atoms with Crippen LogP contribution in [-0.2, 0) is 9.59 Å². The molecule has 8 nitrogen and oxygen atoms in total. The van der Waals surface area contributed by atoms with E-state index in [1.165, 1.54) is 6.21 Å². The van der Waals surface area contributed by atoms with Gasteiger partial charge in [-0.25, -0.2) is 9.59 Å². The second kappa shape index (κ2) is 6.92. The highest BCUT2D eigenvalue weighted by molar-refractivity contribution is 6.07. The van der Waals surface area contributed by atoms with Crippen LogP contribution in [0.4, 0.5) is 4.79 Å². The van der Waals surface area contributed by atoms with Crippen LogP contribution in [0.3, 0.4) is 0 Å². The van der Waals surface area contributed by atoms with Gasteiger partial charge < -0.3 is 15.2 Å². The molecule has 0 unspecified atom stereocenters. The molecule has 3 rings (SSSR count). The molecule has 1 spiro atoms. The Morgan fingerprint density at radius 1 is 1.28 bits per heavy atom. The Kier molecular flexibility index (Phi) is 4.69. The molecule has 0 atom stereocenters. The summed E-state index contributed by atoms with van der Waals surface area (Å²) in [5.41, 5.74) is -0.347. The van der Waals surface area contributed by atoms with Crippen molar-refractivity contribution in [3.05, 3.63) is 29.8 Å². The number of nitrogens with zero attached hydrogens (tertiary/aromatic N) is 2. The number of para-hydroxylation sites is 1. The van der Waals surface area contributed by atoms with Crippen molar-refractivity contribution in [1.29, 1.82) is 0 Å². The van der Waals surface area contributed by atoms with E-state index in [1.807, 2.05) is 0 Å². The van der Waals surface area contributed by atoms with Gasteiger partial charge in [0.1, 0.15) is 11.3 Å². The maximum Gasteiger partial charge on any atom is 0.346 e. The number of carbonyl (C=O) groups excluding carboxylic acids is 2. The van der Waals surface area contributed by atoms with Crippen molar-refractivity contribution in [2.75, 3.05) is 6.61 Å². The second-order valence-electron chi connectivity index (χ2n) is 6.15. The first-order valence-corrected chi connectivity index (χ1v) is 8.16. The van der Waals surface area contributed by atoms with Gasteiger partial charge in [0.2, 0.25) is 0 Å². The number of imide groups is 1. The first kappa shape index (κ1) is 16.9. The quantitative estimate of drug-likeness (QED) is 0.624. The van der Waals surface area contributed by atoms with Gasteiger partial charge in [-0.05, 0) is 25.0 Å². The lowest BCUT2D eigenvalue weighted by atomic mass is 9.82. The van der Waals surface area contributed by atoms with Gasteiger partial charge in [0.05, 0.1) is 6.21 Å². The number of rotatable bonds is 5.